The van der Waals surface area contributed by atoms with Crippen LogP contribution in [0.5, 0.6) is 0 Å². The topological polar surface area (TPSA) is 126 Å². The molecule has 4 aromatic rings. The smallest absolute Gasteiger partial charge is 0.295 e. The lowest BCUT2D eigenvalue weighted by atomic mass is 10.2. The van der Waals surface area contributed by atoms with Crippen LogP contribution in [0.4, 0.5) is 31.8 Å². The SMILES string of the molecule is CS(=O)(=O)c1ccccc1Nc1cc(Nc2cc3c(nn2)CCC3)nc2[nH]c(C(F)F)nc12. The number of anilines is 4. The van der Waals surface area contributed by atoms with Gasteiger partial charge in [0.1, 0.15) is 11.3 Å². The molecule has 3 heterocycles. The number of pyridine rings is 1. The van der Waals surface area contributed by atoms with Crippen LogP contribution in [-0.4, -0.2) is 39.8 Å². The Morgan fingerprint density at radius 3 is 2.61 bits per heavy atom. The quantitative estimate of drug-likeness (QED) is 0.384. The van der Waals surface area contributed by atoms with Crippen molar-refractivity contribution in [3.8, 4) is 0 Å². The van der Waals surface area contributed by atoms with Crippen molar-refractivity contribution in [2.75, 3.05) is 16.9 Å². The van der Waals surface area contributed by atoms with Gasteiger partial charge < -0.3 is 15.6 Å². The molecule has 0 fully saturated rings. The van der Waals surface area contributed by atoms with E-state index in [4.69, 9.17) is 0 Å². The lowest BCUT2D eigenvalue weighted by Gasteiger charge is -2.13. The van der Waals surface area contributed by atoms with Crippen LogP contribution in [0, 0.1) is 0 Å². The van der Waals surface area contributed by atoms with Crippen molar-refractivity contribution >= 4 is 44.0 Å². The standard InChI is InChI=1S/C21H19F2N7O2S/c1-33(31,32)15-8-3-2-6-13(15)24-14-10-16(26-20-18(14)27-21(28-20)19(22)23)25-17-9-11-5-4-7-12(11)29-30-17/h2-3,6,8-10,19H,4-5,7H2,1H3,(H3,24,25,26,27,28,30). The number of alkyl halides is 2. The second kappa shape index (κ2) is 8.03. The summed E-state index contributed by atoms with van der Waals surface area (Å²) in [6, 6.07) is 9.78. The van der Waals surface area contributed by atoms with Crippen molar-refractivity contribution in [3.63, 3.8) is 0 Å². The summed E-state index contributed by atoms with van der Waals surface area (Å²) in [5.74, 6) is 0.239. The monoisotopic (exact) mass is 471 g/mol. The van der Waals surface area contributed by atoms with E-state index >= 15 is 0 Å². The van der Waals surface area contributed by atoms with Gasteiger partial charge in [-0.25, -0.2) is 27.2 Å². The number of aromatic amines is 1. The summed E-state index contributed by atoms with van der Waals surface area (Å²) in [5.41, 5.74) is 2.94. The van der Waals surface area contributed by atoms with Gasteiger partial charge in [0.2, 0.25) is 0 Å². The molecule has 0 atom stereocenters. The van der Waals surface area contributed by atoms with Crippen molar-refractivity contribution in [1.82, 2.24) is 25.1 Å². The average molecular weight is 471 g/mol. The number of aromatic nitrogens is 5. The third-order valence-corrected chi connectivity index (χ3v) is 6.46. The van der Waals surface area contributed by atoms with Crippen molar-refractivity contribution in [2.45, 2.75) is 30.6 Å². The second-order valence-electron chi connectivity index (χ2n) is 7.75. The van der Waals surface area contributed by atoms with Gasteiger partial charge in [-0.3, -0.25) is 0 Å². The number of sulfone groups is 1. The molecule has 0 unspecified atom stereocenters. The summed E-state index contributed by atoms with van der Waals surface area (Å²) in [6.07, 6.45) is 1.11. The number of rotatable bonds is 6. The Hall–Kier alpha value is -3.67. The molecular formula is C21H19F2N7O2S. The molecule has 0 aliphatic heterocycles. The lowest BCUT2D eigenvalue weighted by molar-refractivity contribution is 0.142. The van der Waals surface area contributed by atoms with Gasteiger partial charge in [-0.05, 0) is 43.0 Å². The number of halogens is 2. The normalized spacial score (nSPS) is 13.5. The van der Waals surface area contributed by atoms with Gasteiger partial charge in [0.05, 0.1) is 22.0 Å². The minimum Gasteiger partial charge on any atom is -0.352 e. The summed E-state index contributed by atoms with van der Waals surface area (Å²) in [7, 11) is -3.54. The zero-order valence-electron chi connectivity index (χ0n) is 17.4. The third-order valence-electron chi connectivity index (χ3n) is 5.31. The Labute approximate surface area is 187 Å². The molecule has 0 bridgehead atoms. The number of fused-ring (bicyclic) bond motifs is 2. The molecule has 5 rings (SSSR count). The summed E-state index contributed by atoms with van der Waals surface area (Å²) in [4.78, 5) is 10.9. The van der Waals surface area contributed by atoms with Crippen molar-refractivity contribution in [2.24, 2.45) is 0 Å². The predicted molar refractivity (Wildman–Crippen MR) is 119 cm³/mol. The molecule has 12 heteroatoms. The molecule has 1 aliphatic rings. The highest BCUT2D eigenvalue weighted by Crippen LogP contribution is 2.32. The lowest BCUT2D eigenvalue weighted by Crippen LogP contribution is -2.04. The van der Waals surface area contributed by atoms with Crippen LogP contribution in [0.15, 0.2) is 41.3 Å². The third kappa shape index (κ3) is 4.21. The van der Waals surface area contributed by atoms with Gasteiger partial charge in [-0.2, -0.15) is 5.10 Å². The minimum atomic E-state index is -3.54. The number of para-hydroxylation sites is 1. The van der Waals surface area contributed by atoms with Crippen molar-refractivity contribution in [1.29, 1.82) is 0 Å². The molecule has 0 spiro atoms. The largest absolute Gasteiger partial charge is 0.352 e. The fraction of sp³-hybridized carbons (Fsp3) is 0.238. The Balaban J connectivity index is 1.58. The maximum Gasteiger partial charge on any atom is 0.295 e. The van der Waals surface area contributed by atoms with Crippen LogP contribution in [0.2, 0.25) is 0 Å². The Morgan fingerprint density at radius 2 is 1.82 bits per heavy atom. The first kappa shape index (κ1) is 21.2. The van der Waals surface area contributed by atoms with E-state index in [-0.39, 0.29) is 21.7 Å². The first-order valence-electron chi connectivity index (χ1n) is 10.2. The van der Waals surface area contributed by atoms with Gasteiger partial charge in [0.15, 0.2) is 27.1 Å². The molecule has 0 saturated heterocycles. The number of H-pyrrole nitrogens is 1. The number of benzene rings is 1. The van der Waals surface area contributed by atoms with E-state index in [1.165, 1.54) is 6.07 Å². The van der Waals surface area contributed by atoms with Gasteiger partial charge in [-0.1, -0.05) is 12.1 Å². The average Bonchev–Trinajstić information content (AvgIpc) is 3.40. The van der Waals surface area contributed by atoms with E-state index in [2.05, 4.69) is 35.8 Å². The van der Waals surface area contributed by atoms with Crippen LogP contribution < -0.4 is 10.6 Å². The predicted octanol–water partition coefficient (Wildman–Crippen LogP) is 4.06. The molecular weight excluding hydrogens is 452 g/mol. The maximum absolute atomic E-state index is 13.3. The minimum absolute atomic E-state index is 0.0681. The van der Waals surface area contributed by atoms with Gasteiger partial charge in [-0.15, -0.1) is 5.10 Å². The zero-order chi connectivity index (χ0) is 23.2. The van der Waals surface area contributed by atoms with Gasteiger partial charge >= 0.3 is 0 Å². The van der Waals surface area contributed by atoms with E-state index in [1.807, 2.05) is 6.07 Å². The molecule has 0 saturated carbocycles. The maximum atomic E-state index is 13.3. The van der Waals surface area contributed by atoms with Crippen LogP contribution >= 0.6 is 0 Å². The summed E-state index contributed by atoms with van der Waals surface area (Å²) >= 11 is 0. The molecule has 33 heavy (non-hydrogen) atoms. The first-order valence-corrected chi connectivity index (χ1v) is 12.0. The van der Waals surface area contributed by atoms with Crippen molar-refractivity contribution in [3.05, 3.63) is 53.5 Å². The van der Waals surface area contributed by atoms with Crippen LogP contribution in [-0.2, 0) is 22.7 Å². The number of imidazole rings is 1. The number of hydrogen-bond donors (Lipinski definition) is 3. The van der Waals surface area contributed by atoms with E-state index in [1.54, 1.807) is 24.3 Å². The first-order chi connectivity index (χ1) is 15.8. The summed E-state index contributed by atoms with van der Waals surface area (Å²) in [5, 5.41) is 14.5. The van der Waals surface area contributed by atoms with Crippen LogP contribution in [0.1, 0.15) is 29.9 Å². The fourth-order valence-electron chi connectivity index (χ4n) is 3.83. The van der Waals surface area contributed by atoms with Gasteiger partial charge in [0.25, 0.3) is 6.43 Å². The Bertz CT molecular complexity index is 1470. The number of nitrogens with zero attached hydrogens (tertiary/aromatic N) is 4. The Morgan fingerprint density at radius 1 is 1.00 bits per heavy atom. The Kier molecular flexibility index (Phi) is 5.16. The summed E-state index contributed by atoms with van der Waals surface area (Å²) in [6.45, 7) is 0. The molecule has 3 N–H and O–H groups in total. The van der Waals surface area contributed by atoms with E-state index in [0.29, 0.717) is 17.3 Å². The molecule has 3 aromatic heterocycles. The van der Waals surface area contributed by atoms with Crippen LogP contribution in [0.3, 0.4) is 0 Å². The highest BCUT2D eigenvalue weighted by atomic mass is 32.2. The van der Waals surface area contributed by atoms with E-state index < -0.39 is 22.1 Å². The summed E-state index contributed by atoms with van der Waals surface area (Å²) < 4.78 is 51.0. The number of aryl methyl sites for hydroxylation is 2. The highest BCUT2D eigenvalue weighted by Gasteiger charge is 2.20. The number of hydrogen-bond acceptors (Lipinski definition) is 8. The fourth-order valence-corrected chi connectivity index (χ4v) is 4.67. The highest BCUT2D eigenvalue weighted by molar-refractivity contribution is 7.90. The van der Waals surface area contributed by atoms with Crippen molar-refractivity contribution < 1.29 is 17.2 Å². The molecule has 9 nitrogen and oxygen atoms in total. The zero-order valence-corrected chi connectivity index (χ0v) is 18.2. The molecule has 0 amide bonds. The van der Waals surface area contributed by atoms with E-state index in [0.717, 1.165) is 36.8 Å². The molecule has 1 aromatic carbocycles. The number of nitrogens with one attached hydrogen (secondary N) is 3. The molecule has 170 valence electrons. The molecule has 1 aliphatic carbocycles. The van der Waals surface area contributed by atoms with Crippen LogP contribution in [0.25, 0.3) is 11.2 Å². The van der Waals surface area contributed by atoms with E-state index in [9.17, 15) is 17.2 Å². The van der Waals surface area contributed by atoms with Gasteiger partial charge in [0, 0.05) is 12.3 Å². The second-order valence-corrected chi connectivity index (χ2v) is 9.73. The molecule has 0 radical (unpaired) electrons.